The first-order chi connectivity index (χ1) is 23.7. The van der Waals surface area contributed by atoms with Gasteiger partial charge in [0.25, 0.3) is 0 Å². The molecule has 8 atom stereocenters. The summed E-state index contributed by atoms with van der Waals surface area (Å²) in [5.41, 5.74) is -6.34. The first-order valence-corrected chi connectivity index (χ1v) is 17.2. The van der Waals surface area contributed by atoms with E-state index < -0.39 is 77.7 Å². The third-order valence-corrected chi connectivity index (χ3v) is 9.43. The number of aliphatic hydroxyl groups excluding tert-OH is 1. The van der Waals surface area contributed by atoms with Crippen LogP contribution in [-0.4, -0.2) is 96.8 Å². The predicted molar refractivity (Wildman–Crippen MR) is 176 cm³/mol. The lowest BCUT2D eigenvalue weighted by Crippen LogP contribution is -2.78. The number of carboxylic acid groups (broad SMARTS) is 3. The van der Waals surface area contributed by atoms with E-state index in [9.17, 15) is 49.5 Å². The number of unbranched alkanes of at least 4 members (excludes halogenated alkanes) is 6. The van der Waals surface area contributed by atoms with Crippen molar-refractivity contribution < 1.29 is 68.5 Å². The van der Waals surface area contributed by atoms with E-state index in [2.05, 4.69) is 6.92 Å². The molecule has 2 heterocycles. The fraction of sp³-hybridized carbons (Fsp3) is 0.639. The minimum atomic E-state index is -3.84. The maximum atomic E-state index is 13.0. The van der Waals surface area contributed by atoms with Crippen molar-refractivity contribution in [3.05, 3.63) is 42.0 Å². The zero-order valence-corrected chi connectivity index (χ0v) is 28.8. The maximum absolute atomic E-state index is 13.0. The molecule has 0 amide bonds. The van der Waals surface area contributed by atoms with Gasteiger partial charge in [-0.3, -0.25) is 9.59 Å². The number of hydrogen-bond donors (Lipinski definition) is 5. The molecule has 0 spiro atoms. The largest absolute Gasteiger partial charge is 0.479 e. The van der Waals surface area contributed by atoms with Crippen molar-refractivity contribution in [2.75, 3.05) is 0 Å². The van der Waals surface area contributed by atoms with Gasteiger partial charge in [-0.2, -0.15) is 0 Å². The molecule has 2 saturated heterocycles. The Morgan fingerprint density at radius 3 is 2.16 bits per heavy atom. The normalized spacial score (nSPS) is 28.5. The molecule has 50 heavy (non-hydrogen) atoms. The molecule has 2 fully saturated rings. The Labute approximate surface area is 291 Å². The van der Waals surface area contributed by atoms with Gasteiger partial charge in [-0.1, -0.05) is 94.9 Å². The Balaban J connectivity index is 1.85. The summed E-state index contributed by atoms with van der Waals surface area (Å²) in [6.07, 6.45) is 1.74. The van der Waals surface area contributed by atoms with Gasteiger partial charge in [-0.15, -0.1) is 0 Å². The Hall–Kier alpha value is -3.85. The van der Waals surface area contributed by atoms with Gasteiger partial charge >= 0.3 is 29.8 Å². The lowest BCUT2D eigenvalue weighted by molar-refractivity contribution is -0.374. The van der Waals surface area contributed by atoms with Gasteiger partial charge in [-0.25, -0.2) is 14.4 Å². The smallest absolute Gasteiger partial charge is 0.344 e. The van der Waals surface area contributed by atoms with Crippen LogP contribution in [0.25, 0.3) is 6.08 Å². The second kappa shape index (κ2) is 17.9. The molecule has 14 nitrogen and oxygen atoms in total. The van der Waals surface area contributed by atoms with E-state index in [1.807, 2.05) is 49.4 Å². The van der Waals surface area contributed by atoms with Crippen molar-refractivity contribution in [3.63, 3.8) is 0 Å². The molecule has 2 bridgehead atoms. The number of carbonyl (C=O) groups excluding carboxylic acids is 2. The van der Waals surface area contributed by atoms with Crippen molar-refractivity contribution in [2.45, 2.75) is 139 Å². The number of carboxylic acids is 3. The SMILES string of the molecule is CCCCCCCCCC(=O)O[C@@H]1[C@@H](O)[C@@]2(CCC[C@H](OC(C)=O)[C@H](C)C/C=C/c3ccccc3)O[C@H](C(=O)O)[C@@](O)(C(=O)O)[C@]1(C(=O)O)O2. The first-order valence-electron chi connectivity index (χ1n) is 17.2. The second-order valence-corrected chi connectivity index (χ2v) is 13.2. The number of hydrogen-bond acceptors (Lipinski definition) is 11. The Morgan fingerprint density at radius 2 is 1.58 bits per heavy atom. The molecule has 278 valence electrons. The lowest BCUT2D eigenvalue weighted by Gasteiger charge is -2.48. The summed E-state index contributed by atoms with van der Waals surface area (Å²) in [6.45, 7) is 5.18. The molecule has 0 saturated carbocycles. The minimum absolute atomic E-state index is 0.0199. The predicted octanol–water partition coefficient (Wildman–Crippen LogP) is 4.09. The zero-order valence-electron chi connectivity index (χ0n) is 28.8. The van der Waals surface area contributed by atoms with Crippen molar-refractivity contribution in [3.8, 4) is 0 Å². The van der Waals surface area contributed by atoms with Crippen molar-refractivity contribution in [2.24, 2.45) is 5.92 Å². The van der Waals surface area contributed by atoms with Crippen LogP contribution >= 0.6 is 0 Å². The average Bonchev–Trinajstić information content (AvgIpc) is 3.27. The Morgan fingerprint density at radius 1 is 0.940 bits per heavy atom. The van der Waals surface area contributed by atoms with Crippen molar-refractivity contribution >= 4 is 35.9 Å². The molecule has 1 aromatic carbocycles. The fourth-order valence-electron chi connectivity index (χ4n) is 6.73. The lowest BCUT2D eigenvalue weighted by atomic mass is 9.74. The van der Waals surface area contributed by atoms with Crippen LogP contribution in [0.1, 0.15) is 103 Å². The van der Waals surface area contributed by atoms with Crippen molar-refractivity contribution in [1.82, 2.24) is 0 Å². The van der Waals surface area contributed by atoms with Crippen LogP contribution in [0.2, 0.25) is 0 Å². The average molecular weight is 707 g/mol. The van der Waals surface area contributed by atoms with Gasteiger partial charge < -0.3 is 44.5 Å². The van der Waals surface area contributed by atoms with E-state index in [1.165, 1.54) is 6.92 Å². The van der Waals surface area contributed by atoms with E-state index >= 15 is 0 Å². The van der Waals surface area contributed by atoms with E-state index in [-0.39, 0.29) is 25.2 Å². The summed E-state index contributed by atoms with van der Waals surface area (Å²) in [5, 5.41) is 53.4. The molecule has 5 N–H and O–H groups in total. The number of aliphatic carboxylic acids is 3. The summed E-state index contributed by atoms with van der Waals surface area (Å²) in [7, 11) is 0. The third kappa shape index (κ3) is 8.89. The van der Waals surface area contributed by atoms with Crippen LogP contribution in [-0.2, 0) is 42.9 Å². The molecule has 3 rings (SSSR count). The molecular weight excluding hydrogens is 656 g/mol. The van der Waals surface area contributed by atoms with Crippen LogP contribution in [0.15, 0.2) is 36.4 Å². The standard InChI is InChI=1S/C36H50O14/c1-4-5-6-7-8-9-13-21-27(38)48-29-28(39)34(49-30(31(40)41)35(46,32(42)43)36(29,50-34)33(44)45)22-15-20-26(47-24(3)37)23(2)16-14-19-25-17-11-10-12-18-25/h10-12,14,17-19,23,26,28-30,39,46H,4-9,13,15-16,20-22H2,1-3H3,(H,40,41)(H,42,43)(H,44,45)/b19-14+/t23-,26+,28-,29-,30-,34+,35-,36+/m1/s1. The van der Waals surface area contributed by atoms with Crippen molar-refractivity contribution in [1.29, 1.82) is 0 Å². The zero-order chi connectivity index (χ0) is 37.1. The molecule has 2 aliphatic rings. The van der Waals surface area contributed by atoms with E-state index in [0.29, 0.717) is 19.3 Å². The highest BCUT2D eigenvalue weighted by Crippen LogP contribution is 2.55. The summed E-state index contributed by atoms with van der Waals surface area (Å²) >= 11 is 0. The number of carbonyl (C=O) groups is 5. The fourth-order valence-corrected chi connectivity index (χ4v) is 6.73. The van der Waals surface area contributed by atoms with E-state index in [4.69, 9.17) is 18.9 Å². The number of allylic oxidation sites excluding steroid dienone is 1. The number of ether oxygens (including phenoxy) is 4. The van der Waals surface area contributed by atoms with Gasteiger partial charge in [0.05, 0.1) is 0 Å². The quantitative estimate of drug-likeness (QED) is 0.0897. The number of aliphatic hydroxyl groups is 2. The van der Waals surface area contributed by atoms with E-state index in [0.717, 1.165) is 37.7 Å². The van der Waals surface area contributed by atoms with Crippen LogP contribution in [0.4, 0.5) is 0 Å². The molecule has 0 radical (unpaired) electrons. The van der Waals surface area contributed by atoms with Crippen LogP contribution in [0.5, 0.6) is 0 Å². The molecule has 14 heteroatoms. The Bertz CT molecular complexity index is 1360. The third-order valence-electron chi connectivity index (χ3n) is 9.43. The van der Waals surface area contributed by atoms with Crippen LogP contribution < -0.4 is 0 Å². The number of esters is 2. The number of benzene rings is 1. The molecule has 2 aliphatic heterocycles. The highest BCUT2D eigenvalue weighted by Gasteiger charge is 2.85. The van der Waals surface area contributed by atoms with Gasteiger partial charge in [0, 0.05) is 19.8 Å². The van der Waals surface area contributed by atoms with Gasteiger partial charge in [0.2, 0.25) is 23.1 Å². The molecular formula is C36H50O14. The van der Waals surface area contributed by atoms with Gasteiger partial charge in [0.15, 0.2) is 6.10 Å². The summed E-state index contributed by atoms with van der Waals surface area (Å²) < 4.78 is 22.1. The van der Waals surface area contributed by atoms with Crippen LogP contribution in [0.3, 0.4) is 0 Å². The highest BCUT2D eigenvalue weighted by molar-refractivity contribution is 5.98. The number of fused-ring (bicyclic) bond motifs is 2. The van der Waals surface area contributed by atoms with Gasteiger partial charge in [0.1, 0.15) is 12.2 Å². The summed E-state index contributed by atoms with van der Waals surface area (Å²) in [5.74, 6) is -10.9. The molecule has 1 aromatic rings. The molecule has 0 unspecified atom stereocenters. The van der Waals surface area contributed by atoms with E-state index in [1.54, 1.807) is 0 Å². The molecule has 0 aliphatic carbocycles. The monoisotopic (exact) mass is 706 g/mol. The maximum Gasteiger partial charge on any atom is 0.344 e. The Kier molecular flexibility index (Phi) is 14.5. The highest BCUT2D eigenvalue weighted by atomic mass is 16.8. The summed E-state index contributed by atoms with van der Waals surface area (Å²) in [4.78, 5) is 62.7. The number of rotatable bonds is 21. The first kappa shape index (κ1) is 40.6. The second-order valence-electron chi connectivity index (χ2n) is 13.2. The topological polar surface area (TPSA) is 223 Å². The minimum Gasteiger partial charge on any atom is -0.479 e. The van der Waals surface area contributed by atoms with Crippen LogP contribution in [0, 0.1) is 5.92 Å². The van der Waals surface area contributed by atoms with Gasteiger partial charge in [-0.05, 0) is 37.2 Å². The molecule has 0 aromatic heterocycles. The summed E-state index contributed by atoms with van der Waals surface area (Å²) in [6, 6.07) is 9.53.